The Morgan fingerprint density at radius 2 is 1.09 bits per heavy atom. The standard InChI is InChI=1S/C20H41NO2/c1-3-5-6-7-8-9-10-11-12-13-14-15-16-17-18-21(4-2)19-20(22)23/h3-19H2,1-2H3,(H,22,23). The van der Waals surface area contributed by atoms with Gasteiger partial charge < -0.3 is 5.11 Å². The van der Waals surface area contributed by atoms with Crippen LogP contribution in [0.25, 0.3) is 0 Å². The summed E-state index contributed by atoms with van der Waals surface area (Å²) >= 11 is 0. The molecule has 0 aliphatic heterocycles. The predicted octanol–water partition coefficient (Wildman–Crippen LogP) is 5.87. The van der Waals surface area contributed by atoms with Crippen LogP contribution in [0.3, 0.4) is 0 Å². The summed E-state index contributed by atoms with van der Waals surface area (Å²) in [6, 6.07) is 0. The molecule has 0 radical (unpaired) electrons. The average Bonchev–Trinajstić information content (AvgIpc) is 2.53. The Labute approximate surface area is 144 Å². The normalized spacial score (nSPS) is 11.3. The molecule has 0 saturated heterocycles. The van der Waals surface area contributed by atoms with Gasteiger partial charge in [-0.3, -0.25) is 9.69 Å². The fourth-order valence-corrected chi connectivity index (χ4v) is 3.07. The molecule has 0 rings (SSSR count). The maximum Gasteiger partial charge on any atom is 0.317 e. The van der Waals surface area contributed by atoms with Crippen molar-refractivity contribution in [2.24, 2.45) is 0 Å². The van der Waals surface area contributed by atoms with Gasteiger partial charge in [-0.15, -0.1) is 0 Å². The number of nitrogens with zero attached hydrogens (tertiary/aromatic N) is 1. The number of hydrogen-bond acceptors (Lipinski definition) is 2. The molecule has 0 fully saturated rings. The van der Waals surface area contributed by atoms with Gasteiger partial charge in [0.1, 0.15) is 0 Å². The van der Waals surface area contributed by atoms with Crippen molar-refractivity contribution in [3.63, 3.8) is 0 Å². The molecule has 0 heterocycles. The molecule has 0 unspecified atom stereocenters. The van der Waals surface area contributed by atoms with Crippen LogP contribution in [0.1, 0.15) is 104 Å². The molecular formula is C20H41NO2. The Morgan fingerprint density at radius 3 is 1.43 bits per heavy atom. The van der Waals surface area contributed by atoms with Crippen LogP contribution in [0.4, 0.5) is 0 Å². The molecule has 0 saturated carbocycles. The lowest BCUT2D eigenvalue weighted by atomic mass is 10.0. The van der Waals surface area contributed by atoms with E-state index in [9.17, 15) is 4.79 Å². The Balaban J connectivity index is 3.17. The monoisotopic (exact) mass is 327 g/mol. The maximum atomic E-state index is 10.7. The van der Waals surface area contributed by atoms with Crippen molar-refractivity contribution in [1.29, 1.82) is 0 Å². The predicted molar refractivity (Wildman–Crippen MR) is 100 cm³/mol. The molecule has 0 atom stereocenters. The zero-order valence-corrected chi connectivity index (χ0v) is 15.8. The Bertz CT molecular complexity index is 256. The third-order valence-electron chi connectivity index (χ3n) is 4.63. The summed E-state index contributed by atoms with van der Waals surface area (Å²) in [7, 11) is 0. The van der Waals surface area contributed by atoms with Crippen LogP contribution < -0.4 is 0 Å². The number of aliphatic carboxylic acids is 1. The summed E-state index contributed by atoms with van der Waals surface area (Å²) in [6.07, 6.45) is 19.1. The molecule has 3 heteroatoms. The van der Waals surface area contributed by atoms with Crippen molar-refractivity contribution in [3.05, 3.63) is 0 Å². The summed E-state index contributed by atoms with van der Waals surface area (Å²) in [5.41, 5.74) is 0. The largest absolute Gasteiger partial charge is 0.480 e. The molecule has 0 aromatic heterocycles. The van der Waals surface area contributed by atoms with Crippen LogP contribution in [0, 0.1) is 0 Å². The first-order valence-electron chi connectivity index (χ1n) is 10.1. The second kappa shape index (κ2) is 17.8. The molecule has 0 aliphatic carbocycles. The van der Waals surface area contributed by atoms with Gasteiger partial charge in [0, 0.05) is 0 Å². The molecule has 0 amide bonds. The molecule has 23 heavy (non-hydrogen) atoms. The van der Waals surface area contributed by atoms with E-state index in [1.54, 1.807) is 0 Å². The first-order chi connectivity index (χ1) is 11.2. The number of carboxylic acids is 1. The Hall–Kier alpha value is -0.570. The third-order valence-corrected chi connectivity index (χ3v) is 4.63. The molecule has 1 N–H and O–H groups in total. The van der Waals surface area contributed by atoms with Crippen molar-refractivity contribution in [2.45, 2.75) is 104 Å². The molecule has 0 aromatic rings. The topological polar surface area (TPSA) is 40.5 Å². The second-order valence-corrected chi connectivity index (χ2v) is 6.86. The van der Waals surface area contributed by atoms with Gasteiger partial charge >= 0.3 is 5.97 Å². The Kier molecular flexibility index (Phi) is 17.3. The average molecular weight is 328 g/mol. The molecule has 0 aliphatic rings. The van der Waals surface area contributed by atoms with E-state index in [1.165, 1.54) is 83.5 Å². The van der Waals surface area contributed by atoms with E-state index in [4.69, 9.17) is 5.11 Å². The maximum absolute atomic E-state index is 10.7. The summed E-state index contributed by atoms with van der Waals surface area (Å²) in [6.45, 7) is 6.27. The van der Waals surface area contributed by atoms with Gasteiger partial charge in [0.25, 0.3) is 0 Å². The Morgan fingerprint density at radius 1 is 0.696 bits per heavy atom. The molecule has 0 aromatic carbocycles. The molecule has 138 valence electrons. The zero-order valence-electron chi connectivity index (χ0n) is 15.8. The van der Waals surface area contributed by atoms with Crippen molar-refractivity contribution in [3.8, 4) is 0 Å². The highest BCUT2D eigenvalue weighted by molar-refractivity contribution is 5.69. The summed E-state index contributed by atoms with van der Waals surface area (Å²) in [4.78, 5) is 12.7. The van der Waals surface area contributed by atoms with Gasteiger partial charge in [-0.25, -0.2) is 0 Å². The van der Waals surface area contributed by atoms with E-state index in [1.807, 2.05) is 11.8 Å². The van der Waals surface area contributed by atoms with Crippen molar-refractivity contribution < 1.29 is 9.90 Å². The summed E-state index contributed by atoms with van der Waals surface area (Å²) < 4.78 is 0. The number of hydrogen-bond donors (Lipinski definition) is 1. The van der Waals surface area contributed by atoms with Gasteiger partial charge in [-0.1, -0.05) is 97.3 Å². The number of carbonyl (C=O) groups is 1. The van der Waals surface area contributed by atoms with Crippen LogP contribution in [0.5, 0.6) is 0 Å². The van der Waals surface area contributed by atoms with E-state index in [-0.39, 0.29) is 6.54 Å². The third kappa shape index (κ3) is 17.6. The lowest BCUT2D eigenvalue weighted by Crippen LogP contribution is -2.30. The molecular weight excluding hydrogens is 286 g/mol. The van der Waals surface area contributed by atoms with Crippen LogP contribution >= 0.6 is 0 Å². The minimum absolute atomic E-state index is 0.189. The van der Waals surface area contributed by atoms with Crippen molar-refractivity contribution in [2.75, 3.05) is 19.6 Å². The fraction of sp³-hybridized carbons (Fsp3) is 0.950. The lowest BCUT2D eigenvalue weighted by Gasteiger charge is -2.17. The quantitative estimate of drug-likeness (QED) is 0.320. The highest BCUT2D eigenvalue weighted by atomic mass is 16.4. The smallest absolute Gasteiger partial charge is 0.317 e. The summed E-state index contributed by atoms with van der Waals surface area (Å²) in [5.74, 6) is -0.711. The van der Waals surface area contributed by atoms with Crippen LogP contribution in [-0.2, 0) is 4.79 Å². The fourth-order valence-electron chi connectivity index (χ4n) is 3.07. The van der Waals surface area contributed by atoms with E-state index in [0.29, 0.717) is 0 Å². The molecule has 3 nitrogen and oxygen atoms in total. The van der Waals surface area contributed by atoms with E-state index in [2.05, 4.69) is 6.92 Å². The van der Waals surface area contributed by atoms with Gasteiger partial charge in [0.2, 0.25) is 0 Å². The minimum Gasteiger partial charge on any atom is -0.480 e. The number of rotatable bonds is 18. The van der Waals surface area contributed by atoms with E-state index >= 15 is 0 Å². The van der Waals surface area contributed by atoms with Crippen LogP contribution in [-0.4, -0.2) is 35.6 Å². The van der Waals surface area contributed by atoms with Crippen LogP contribution in [0.15, 0.2) is 0 Å². The van der Waals surface area contributed by atoms with Crippen molar-refractivity contribution >= 4 is 5.97 Å². The van der Waals surface area contributed by atoms with E-state index in [0.717, 1.165) is 19.5 Å². The first kappa shape index (κ1) is 22.4. The number of likely N-dealkylation sites (N-methyl/N-ethyl adjacent to an activating group) is 1. The van der Waals surface area contributed by atoms with Gasteiger partial charge in [-0.2, -0.15) is 0 Å². The van der Waals surface area contributed by atoms with Gasteiger partial charge in [0.15, 0.2) is 0 Å². The second-order valence-electron chi connectivity index (χ2n) is 6.86. The number of unbranched alkanes of at least 4 members (excludes halogenated alkanes) is 13. The SMILES string of the molecule is CCCCCCCCCCCCCCCCN(CC)CC(=O)O. The summed E-state index contributed by atoms with van der Waals surface area (Å²) in [5, 5.41) is 8.79. The van der Waals surface area contributed by atoms with Crippen LogP contribution in [0.2, 0.25) is 0 Å². The highest BCUT2D eigenvalue weighted by Gasteiger charge is 2.06. The van der Waals surface area contributed by atoms with E-state index < -0.39 is 5.97 Å². The first-order valence-corrected chi connectivity index (χ1v) is 10.1. The van der Waals surface area contributed by atoms with Gasteiger partial charge in [0.05, 0.1) is 6.54 Å². The molecule has 0 spiro atoms. The number of carboxylic acid groups (broad SMARTS) is 1. The lowest BCUT2D eigenvalue weighted by molar-refractivity contribution is -0.138. The zero-order chi connectivity index (χ0) is 17.2. The van der Waals surface area contributed by atoms with Gasteiger partial charge in [-0.05, 0) is 19.5 Å². The minimum atomic E-state index is -0.711. The highest BCUT2D eigenvalue weighted by Crippen LogP contribution is 2.13. The molecule has 0 bridgehead atoms. The van der Waals surface area contributed by atoms with Crippen molar-refractivity contribution in [1.82, 2.24) is 4.90 Å².